The van der Waals surface area contributed by atoms with Crippen molar-refractivity contribution in [3.8, 4) is 0 Å². The van der Waals surface area contributed by atoms with E-state index in [1.54, 1.807) is 0 Å². The van der Waals surface area contributed by atoms with Crippen LogP contribution in [0.3, 0.4) is 0 Å². The summed E-state index contributed by atoms with van der Waals surface area (Å²) in [5, 5.41) is 9.84. The number of hydrogen-bond acceptors (Lipinski definition) is 3. The van der Waals surface area contributed by atoms with Crippen LogP contribution in [0.15, 0.2) is 0 Å². The second kappa shape index (κ2) is 5.35. The zero-order chi connectivity index (χ0) is 10.4. The fourth-order valence-electron chi connectivity index (χ4n) is 1.82. The first-order valence-electron chi connectivity index (χ1n) is 5.58. The number of esters is 1. The Kier molecular flexibility index (Phi) is 4.39. The van der Waals surface area contributed by atoms with Crippen LogP contribution in [0.2, 0.25) is 0 Å². The van der Waals surface area contributed by atoms with Gasteiger partial charge in [0.15, 0.2) is 5.60 Å². The maximum absolute atomic E-state index is 11.5. The molecule has 1 aliphatic rings. The van der Waals surface area contributed by atoms with E-state index in [1.165, 1.54) is 0 Å². The van der Waals surface area contributed by atoms with Crippen LogP contribution in [0.25, 0.3) is 0 Å². The lowest BCUT2D eigenvalue weighted by Crippen LogP contribution is -2.37. The molecule has 14 heavy (non-hydrogen) atoms. The topological polar surface area (TPSA) is 46.5 Å². The Morgan fingerprint density at radius 2 is 2.00 bits per heavy atom. The standard InChI is InChI=1S/C11H20O3/c1-2-3-6-9-14-10(12)11(13)7-4-5-8-11/h13H,2-9H2,1H3. The quantitative estimate of drug-likeness (QED) is 0.545. The number of carbonyl (C=O) groups is 1. The number of hydrogen-bond donors (Lipinski definition) is 1. The Morgan fingerprint density at radius 1 is 1.36 bits per heavy atom. The Labute approximate surface area is 85.5 Å². The molecule has 1 rings (SSSR count). The summed E-state index contributed by atoms with van der Waals surface area (Å²) < 4.78 is 5.04. The van der Waals surface area contributed by atoms with E-state index in [9.17, 15) is 9.90 Å². The minimum atomic E-state index is -1.16. The first-order valence-corrected chi connectivity index (χ1v) is 5.58. The van der Waals surface area contributed by atoms with Crippen molar-refractivity contribution in [2.75, 3.05) is 6.61 Å². The maximum atomic E-state index is 11.5. The number of unbranched alkanes of at least 4 members (excludes halogenated alkanes) is 2. The van der Waals surface area contributed by atoms with Gasteiger partial charge in [0.05, 0.1) is 6.61 Å². The van der Waals surface area contributed by atoms with E-state index in [1.807, 2.05) is 0 Å². The predicted molar refractivity (Wildman–Crippen MR) is 53.9 cm³/mol. The van der Waals surface area contributed by atoms with Gasteiger partial charge in [-0.15, -0.1) is 0 Å². The third-order valence-electron chi connectivity index (χ3n) is 2.79. The summed E-state index contributed by atoms with van der Waals surface area (Å²) in [6.07, 6.45) is 6.09. The molecule has 0 aromatic carbocycles. The van der Waals surface area contributed by atoms with Crippen molar-refractivity contribution >= 4 is 5.97 Å². The van der Waals surface area contributed by atoms with Gasteiger partial charge in [0.2, 0.25) is 0 Å². The third-order valence-corrected chi connectivity index (χ3v) is 2.79. The number of aliphatic hydroxyl groups is 1. The molecule has 1 N–H and O–H groups in total. The largest absolute Gasteiger partial charge is 0.464 e. The molecule has 1 fully saturated rings. The van der Waals surface area contributed by atoms with Crippen LogP contribution in [0.1, 0.15) is 51.9 Å². The van der Waals surface area contributed by atoms with E-state index in [-0.39, 0.29) is 0 Å². The first kappa shape index (κ1) is 11.5. The van der Waals surface area contributed by atoms with E-state index >= 15 is 0 Å². The molecule has 1 saturated carbocycles. The van der Waals surface area contributed by atoms with Crippen molar-refractivity contribution in [3.63, 3.8) is 0 Å². The molecule has 0 bridgehead atoms. The van der Waals surface area contributed by atoms with Crippen LogP contribution in [0.4, 0.5) is 0 Å². The van der Waals surface area contributed by atoms with E-state index in [0.717, 1.165) is 32.1 Å². The van der Waals surface area contributed by atoms with E-state index in [4.69, 9.17) is 4.74 Å². The second-order valence-electron chi connectivity index (χ2n) is 4.08. The summed E-state index contributed by atoms with van der Waals surface area (Å²) in [4.78, 5) is 11.5. The highest BCUT2D eigenvalue weighted by atomic mass is 16.5. The van der Waals surface area contributed by atoms with Gasteiger partial charge < -0.3 is 9.84 Å². The molecular formula is C11H20O3. The highest BCUT2D eigenvalue weighted by Crippen LogP contribution is 2.30. The van der Waals surface area contributed by atoms with Crippen LogP contribution in [0, 0.1) is 0 Å². The zero-order valence-corrected chi connectivity index (χ0v) is 8.92. The fourth-order valence-corrected chi connectivity index (χ4v) is 1.82. The molecule has 0 unspecified atom stereocenters. The summed E-state index contributed by atoms with van der Waals surface area (Å²) in [7, 11) is 0. The monoisotopic (exact) mass is 200 g/mol. The number of rotatable bonds is 5. The van der Waals surface area contributed by atoms with Crippen molar-refractivity contribution in [3.05, 3.63) is 0 Å². The average molecular weight is 200 g/mol. The summed E-state index contributed by atoms with van der Waals surface area (Å²) in [5.41, 5.74) is -1.16. The Bertz CT molecular complexity index is 183. The van der Waals surface area contributed by atoms with E-state index < -0.39 is 11.6 Å². The normalized spacial score (nSPS) is 19.6. The lowest BCUT2D eigenvalue weighted by Gasteiger charge is -2.19. The molecule has 3 nitrogen and oxygen atoms in total. The minimum Gasteiger partial charge on any atom is -0.464 e. The molecule has 0 aromatic rings. The smallest absolute Gasteiger partial charge is 0.338 e. The number of ether oxygens (including phenoxy) is 1. The van der Waals surface area contributed by atoms with Gasteiger partial charge in [-0.1, -0.05) is 19.8 Å². The molecule has 0 heterocycles. The van der Waals surface area contributed by atoms with Crippen LogP contribution in [0.5, 0.6) is 0 Å². The summed E-state index contributed by atoms with van der Waals surface area (Å²) in [5.74, 6) is -0.411. The fraction of sp³-hybridized carbons (Fsp3) is 0.909. The Morgan fingerprint density at radius 3 is 2.57 bits per heavy atom. The minimum absolute atomic E-state index is 0.411. The Hall–Kier alpha value is -0.570. The van der Waals surface area contributed by atoms with Gasteiger partial charge in [-0.25, -0.2) is 4.79 Å². The molecule has 3 heteroatoms. The third kappa shape index (κ3) is 2.98. The van der Waals surface area contributed by atoms with Gasteiger partial charge in [-0.05, 0) is 32.1 Å². The molecule has 0 amide bonds. The SMILES string of the molecule is CCCCCOC(=O)C1(O)CCCC1. The van der Waals surface area contributed by atoms with Crippen molar-refractivity contribution in [1.29, 1.82) is 0 Å². The molecular weight excluding hydrogens is 180 g/mol. The Balaban J connectivity index is 2.20. The van der Waals surface area contributed by atoms with Gasteiger partial charge in [0.1, 0.15) is 0 Å². The molecule has 0 spiro atoms. The van der Waals surface area contributed by atoms with Crippen molar-refractivity contribution in [2.24, 2.45) is 0 Å². The summed E-state index contributed by atoms with van der Waals surface area (Å²) in [6, 6.07) is 0. The molecule has 0 aliphatic heterocycles. The molecule has 0 radical (unpaired) electrons. The van der Waals surface area contributed by atoms with E-state index in [0.29, 0.717) is 19.4 Å². The maximum Gasteiger partial charge on any atom is 0.338 e. The number of carbonyl (C=O) groups excluding carboxylic acids is 1. The van der Waals surface area contributed by atoms with Gasteiger partial charge in [-0.3, -0.25) is 0 Å². The van der Waals surface area contributed by atoms with Crippen LogP contribution < -0.4 is 0 Å². The molecule has 0 aromatic heterocycles. The molecule has 0 saturated heterocycles. The van der Waals surface area contributed by atoms with Crippen LogP contribution >= 0.6 is 0 Å². The second-order valence-corrected chi connectivity index (χ2v) is 4.08. The lowest BCUT2D eigenvalue weighted by atomic mass is 10.0. The summed E-state index contributed by atoms with van der Waals surface area (Å²) >= 11 is 0. The highest BCUT2D eigenvalue weighted by molar-refractivity contribution is 5.79. The van der Waals surface area contributed by atoms with Gasteiger partial charge in [0.25, 0.3) is 0 Å². The van der Waals surface area contributed by atoms with Crippen molar-refractivity contribution in [2.45, 2.75) is 57.5 Å². The highest BCUT2D eigenvalue weighted by Gasteiger charge is 2.40. The van der Waals surface area contributed by atoms with Gasteiger partial charge >= 0.3 is 5.97 Å². The van der Waals surface area contributed by atoms with Gasteiger partial charge in [0, 0.05) is 0 Å². The summed E-state index contributed by atoms with van der Waals surface area (Å²) in [6.45, 7) is 2.56. The van der Waals surface area contributed by atoms with Crippen LogP contribution in [-0.4, -0.2) is 23.3 Å². The molecule has 0 atom stereocenters. The lowest BCUT2D eigenvalue weighted by molar-refractivity contribution is -0.164. The predicted octanol–water partition coefficient (Wildman–Crippen LogP) is 2.02. The zero-order valence-electron chi connectivity index (χ0n) is 8.92. The van der Waals surface area contributed by atoms with Crippen LogP contribution in [-0.2, 0) is 9.53 Å². The van der Waals surface area contributed by atoms with Crippen molar-refractivity contribution < 1.29 is 14.6 Å². The molecule has 82 valence electrons. The van der Waals surface area contributed by atoms with Gasteiger partial charge in [-0.2, -0.15) is 0 Å². The molecule has 1 aliphatic carbocycles. The average Bonchev–Trinajstić information content (AvgIpc) is 2.61. The first-order chi connectivity index (χ1) is 6.69. The van der Waals surface area contributed by atoms with Crippen molar-refractivity contribution in [1.82, 2.24) is 0 Å². The van der Waals surface area contributed by atoms with E-state index in [2.05, 4.69) is 6.92 Å².